The maximum absolute atomic E-state index is 6.36. The van der Waals surface area contributed by atoms with Gasteiger partial charge in [0, 0.05) is 0 Å². The Morgan fingerprint density at radius 2 is 1.61 bits per heavy atom. The third-order valence-corrected chi connectivity index (χ3v) is 7.99. The molecule has 0 radical (unpaired) electrons. The molecule has 4 rings (SSSR count). The van der Waals surface area contributed by atoms with E-state index in [0.29, 0.717) is 19.8 Å². The predicted molar refractivity (Wildman–Crippen MR) is 117 cm³/mol. The molecule has 28 heavy (non-hydrogen) atoms. The summed E-state index contributed by atoms with van der Waals surface area (Å²) in [5.41, 5.74) is 2.58. The molecular weight excluding hydrogens is 433 g/mol. The van der Waals surface area contributed by atoms with Gasteiger partial charge in [-0.2, -0.15) is 0 Å². The van der Waals surface area contributed by atoms with Gasteiger partial charge in [0.25, 0.3) is 0 Å². The molecule has 1 fully saturated rings. The minimum atomic E-state index is 0.207. The zero-order chi connectivity index (χ0) is 19.3. The molecule has 0 amide bonds. The summed E-state index contributed by atoms with van der Waals surface area (Å²) in [6, 6.07) is 30.3. The van der Waals surface area contributed by atoms with E-state index in [4.69, 9.17) is 16.4 Å². The van der Waals surface area contributed by atoms with Gasteiger partial charge in [-0.05, 0) is 0 Å². The molecule has 0 N–H and O–H groups in total. The van der Waals surface area contributed by atoms with Crippen molar-refractivity contribution in [3.8, 4) is 0 Å². The van der Waals surface area contributed by atoms with Crippen molar-refractivity contribution in [3.63, 3.8) is 0 Å². The molecule has 1 aliphatic heterocycles. The summed E-state index contributed by atoms with van der Waals surface area (Å²) in [7, 11) is 0. The molecule has 4 heteroatoms. The average molecular weight is 457 g/mol. The Kier molecular flexibility index (Phi) is 6.51. The Bertz CT molecular complexity index is 872. The number of rotatable bonds is 6. The van der Waals surface area contributed by atoms with Gasteiger partial charge in [0.2, 0.25) is 0 Å². The first-order valence-corrected chi connectivity index (χ1v) is 11.9. The van der Waals surface area contributed by atoms with Crippen molar-refractivity contribution in [2.75, 3.05) is 6.61 Å². The second kappa shape index (κ2) is 9.26. The topological polar surface area (TPSA) is 12.5 Å². The van der Waals surface area contributed by atoms with Crippen molar-refractivity contribution < 1.29 is 4.84 Å². The first-order valence-electron chi connectivity index (χ1n) is 9.69. The number of hydroxylamine groups is 2. The molecule has 3 atom stereocenters. The summed E-state index contributed by atoms with van der Waals surface area (Å²) in [6.45, 7) is 2.99. The van der Waals surface area contributed by atoms with Crippen LogP contribution in [0.25, 0.3) is 0 Å². The van der Waals surface area contributed by atoms with Crippen LogP contribution < -0.4 is 4.46 Å². The van der Waals surface area contributed by atoms with Crippen molar-refractivity contribution >= 4 is 31.0 Å². The third-order valence-electron chi connectivity index (χ3n) is 5.13. The van der Waals surface area contributed by atoms with E-state index in [9.17, 15) is 0 Å². The van der Waals surface area contributed by atoms with Crippen LogP contribution in [0.15, 0.2) is 84.9 Å². The molecule has 0 spiro atoms. The molecule has 3 aromatic carbocycles. The first-order chi connectivity index (χ1) is 13.8. The molecule has 0 aliphatic carbocycles. The van der Waals surface area contributed by atoms with Gasteiger partial charge in [-0.15, -0.1) is 0 Å². The van der Waals surface area contributed by atoms with E-state index in [0.717, 1.165) is 18.1 Å². The molecule has 0 aromatic heterocycles. The molecule has 1 heterocycles. The average Bonchev–Trinajstić information content (AvgIpc) is 3.14. The van der Waals surface area contributed by atoms with Crippen molar-refractivity contribution in [3.05, 3.63) is 101 Å². The van der Waals surface area contributed by atoms with Crippen molar-refractivity contribution in [1.82, 2.24) is 5.06 Å². The first kappa shape index (κ1) is 19.7. The molecule has 1 saturated heterocycles. The van der Waals surface area contributed by atoms with Gasteiger partial charge in [-0.1, -0.05) is 0 Å². The van der Waals surface area contributed by atoms with Gasteiger partial charge in [0.1, 0.15) is 0 Å². The summed E-state index contributed by atoms with van der Waals surface area (Å²) in [6.07, 6.45) is 0.982. The number of hydrogen-bond acceptors (Lipinski definition) is 2. The van der Waals surface area contributed by atoms with Gasteiger partial charge in [0.15, 0.2) is 0 Å². The summed E-state index contributed by atoms with van der Waals surface area (Å²) in [4.78, 5) is 6.83. The van der Waals surface area contributed by atoms with Crippen LogP contribution in [-0.4, -0.2) is 26.6 Å². The Labute approximate surface area is 178 Å². The zero-order valence-corrected chi connectivity index (χ0v) is 18.3. The molecular formula is C24H24ClNOSe. The summed E-state index contributed by atoms with van der Waals surface area (Å²) in [5, 5.41) is 3.01. The number of benzene rings is 3. The predicted octanol–water partition coefficient (Wildman–Crippen LogP) is 5.60. The molecule has 2 nitrogen and oxygen atoms in total. The third kappa shape index (κ3) is 4.35. The van der Waals surface area contributed by atoms with E-state index in [2.05, 4.69) is 84.8 Å². The van der Waals surface area contributed by atoms with Crippen LogP contribution in [-0.2, 0) is 4.84 Å². The normalized spacial score (nSPS) is 20.9. The van der Waals surface area contributed by atoms with Crippen molar-refractivity contribution in [2.45, 2.75) is 30.2 Å². The van der Waals surface area contributed by atoms with Crippen molar-refractivity contribution in [2.24, 2.45) is 0 Å². The van der Waals surface area contributed by atoms with Crippen LogP contribution in [0.1, 0.15) is 36.6 Å². The summed E-state index contributed by atoms with van der Waals surface area (Å²) >= 11 is 6.46. The quantitative estimate of drug-likeness (QED) is 0.448. The fourth-order valence-electron chi connectivity index (χ4n) is 3.81. The van der Waals surface area contributed by atoms with Gasteiger partial charge >= 0.3 is 179 Å². The molecule has 3 aromatic rings. The van der Waals surface area contributed by atoms with E-state index in [-0.39, 0.29) is 12.1 Å². The van der Waals surface area contributed by atoms with Crippen LogP contribution in [0, 0.1) is 0 Å². The van der Waals surface area contributed by atoms with Gasteiger partial charge in [-0.3, -0.25) is 0 Å². The Morgan fingerprint density at radius 3 is 2.25 bits per heavy atom. The second-order valence-corrected chi connectivity index (χ2v) is 10.1. The van der Waals surface area contributed by atoms with Crippen molar-refractivity contribution in [1.29, 1.82) is 0 Å². The second-order valence-electron chi connectivity index (χ2n) is 6.96. The van der Waals surface area contributed by atoms with Crippen LogP contribution in [0.4, 0.5) is 0 Å². The van der Waals surface area contributed by atoms with Gasteiger partial charge in [-0.25, -0.2) is 0 Å². The van der Waals surface area contributed by atoms with Crippen LogP contribution in [0.5, 0.6) is 0 Å². The number of halogens is 1. The van der Waals surface area contributed by atoms with Crippen LogP contribution >= 0.6 is 11.6 Å². The molecule has 144 valence electrons. The Balaban J connectivity index is 1.66. The monoisotopic (exact) mass is 457 g/mol. The van der Waals surface area contributed by atoms with E-state index in [1.165, 1.54) is 15.6 Å². The molecule has 1 unspecified atom stereocenters. The maximum atomic E-state index is 6.36. The van der Waals surface area contributed by atoms with E-state index in [1.54, 1.807) is 0 Å². The molecule has 0 saturated carbocycles. The van der Waals surface area contributed by atoms with E-state index >= 15 is 0 Å². The fraction of sp³-hybridized carbons (Fsp3) is 0.250. The summed E-state index contributed by atoms with van der Waals surface area (Å²) in [5.74, 6) is 0. The molecule has 1 aliphatic rings. The van der Waals surface area contributed by atoms with Crippen LogP contribution in [0.3, 0.4) is 0 Å². The van der Waals surface area contributed by atoms with E-state index in [1.807, 2.05) is 12.1 Å². The molecule has 0 bridgehead atoms. The fourth-order valence-corrected chi connectivity index (χ4v) is 6.45. The van der Waals surface area contributed by atoms with E-state index < -0.39 is 0 Å². The minimum absolute atomic E-state index is 0.207. The Morgan fingerprint density at radius 1 is 0.964 bits per heavy atom. The van der Waals surface area contributed by atoms with Crippen LogP contribution in [0.2, 0.25) is 9.84 Å². The standard InChI is InChI=1S/C24H24ClNOSe/c1-2-22(18-13-15-20(25)16-14-18)26-24(19-9-5-3-6-10-19)23(17-27-26)28-21-11-7-4-8-12-21/h3-16,22-24H,2,17H2,1H3/t22?,23-,24+/m1/s1. The number of hydrogen-bond donors (Lipinski definition) is 0. The number of nitrogens with zero attached hydrogens (tertiary/aromatic N) is 1. The van der Waals surface area contributed by atoms with Gasteiger partial charge < -0.3 is 0 Å². The SMILES string of the molecule is CCC(c1ccc(Cl)cc1)N1OC[C@@H]([Se]c2ccccc2)[C@@H]1c1ccccc1. The Hall–Kier alpha value is -1.61. The summed E-state index contributed by atoms with van der Waals surface area (Å²) < 4.78 is 1.42. The van der Waals surface area contributed by atoms with Gasteiger partial charge in [0.05, 0.1) is 0 Å². The zero-order valence-electron chi connectivity index (χ0n) is 15.9.